The number of nitrogens with one attached hydrogen (secondary N) is 4. The fourth-order valence-electron chi connectivity index (χ4n) is 5.33. The normalized spacial score (nSPS) is 10.9. The zero-order valence-corrected chi connectivity index (χ0v) is 24.9. The van der Waals surface area contributed by atoms with Crippen LogP contribution in [0.3, 0.4) is 0 Å². The number of hydrogen-bond acceptors (Lipinski definition) is 3. The number of anilines is 6. The molecule has 0 aromatic heterocycles. The molecule has 0 radical (unpaired) electrons. The SMILES string of the molecule is Cc1cccc(Nc2ccc([NH+](c3ccc(Nc4cccc(C)c4)cc3)c3ccc(Nc4cccc(C)c4)cc3)cc2)c1. The lowest BCUT2D eigenvalue weighted by Crippen LogP contribution is -2.96. The number of quaternary nitrogens is 1. The van der Waals surface area contributed by atoms with Crippen LogP contribution in [0.1, 0.15) is 16.7 Å². The van der Waals surface area contributed by atoms with Crippen LogP contribution in [-0.2, 0) is 0 Å². The van der Waals surface area contributed by atoms with Gasteiger partial charge < -0.3 is 16.0 Å². The maximum Gasteiger partial charge on any atom is 0.141 e. The first-order valence-corrected chi connectivity index (χ1v) is 14.7. The summed E-state index contributed by atoms with van der Waals surface area (Å²) in [5, 5.41) is 10.6. The third-order valence-corrected chi connectivity index (χ3v) is 7.44. The van der Waals surface area contributed by atoms with E-state index in [1.165, 1.54) is 21.6 Å². The Hall–Kier alpha value is -5.32. The van der Waals surface area contributed by atoms with Gasteiger partial charge in [0.25, 0.3) is 0 Å². The maximum absolute atomic E-state index is 3.53. The highest BCUT2D eigenvalue weighted by Crippen LogP contribution is 2.25. The maximum atomic E-state index is 3.53. The molecule has 6 aromatic rings. The first-order chi connectivity index (χ1) is 21.0. The minimum absolute atomic E-state index is 1.06. The third kappa shape index (κ3) is 7.13. The van der Waals surface area contributed by atoms with Gasteiger partial charge in [-0.1, -0.05) is 36.4 Å². The van der Waals surface area contributed by atoms with Gasteiger partial charge in [-0.3, -0.25) is 0 Å². The summed E-state index contributed by atoms with van der Waals surface area (Å²) in [6.07, 6.45) is 0. The van der Waals surface area contributed by atoms with Crippen LogP contribution in [0.2, 0.25) is 0 Å². The van der Waals surface area contributed by atoms with Crippen LogP contribution in [0.15, 0.2) is 146 Å². The Balaban J connectivity index is 1.28. The molecule has 0 saturated heterocycles. The van der Waals surface area contributed by atoms with Crippen LogP contribution in [-0.4, -0.2) is 0 Å². The van der Waals surface area contributed by atoms with E-state index >= 15 is 0 Å². The summed E-state index contributed by atoms with van der Waals surface area (Å²) >= 11 is 0. The fourth-order valence-corrected chi connectivity index (χ4v) is 5.33. The van der Waals surface area contributed by atoms with Gasteiger partial charge in [0.05, 0.1) is 0 Å². The van der Waals surface area contributed by atoms with Gasteiger partial charge in [0.2, 0.25) is 0 Å². The minimum Gasteiger partial charge on any atom is -0.356 e. The molecule has 0 aliphatic carbocycles. The predicted octanol–water partition coefficient (Wildman–Crippen LogP) is 10.0. The quantitative estimate of drug-likeness (QED) is 0.142. The molecule has 0 aliphatic heterocycles. The van der Waals surface area contributed by atoms with E-state index in [-0.39, 0.29) is 0 Å². The molecule has 0 unspecified atom stereocenters. The van der Waals surface area contributed by atoms with E-state index in [0.717, 1.165) is 51.2 Å². The van der Waals surface area contributed by atoms with Gasteiger partial charge in [0.1, 0.15) is 17.1 Å². The molecule has 0 saturated carbocycles. The molecule has 0 spiro atoms. The van der Waals surface area contributed by atoms with E-state index in [0.29, 0.717) is 0 Å². The summed E-state index contributed by atoms with van der Waals surface area (Å²) in [5.41, 5.74) is 13.6. The lowest BCUT2D eigenvalue weighted by Gasteiger charge is -2.20. The minimum atomic E-state index is 1.06. The second-order valence-corrected chi connectivity index (χ2v) is 11.1. The Bertz CT molecular complexity index is 1590. The van der Waals surface area contributed by atoms with Crippen LogP contribution in [0.4, 0.5) is 51.2 Å². The lowest BCUT2D eigenvalue weighted by atomic mass is 10.1. The largest absolute Gasteiger partial charge is 0.356 e. The van der Waals surface area contributed by atoms with Crippen molar-refractivity contribution < 1.29 is 4.90 Å². The van der Waals surface area contributed by atoms with Gasteiger partial charge in [0.15, 0.2) is 0 Å². The highest BCUT2D eigenvalue weighted by atomic mass is 15.1. The van der Waals surface area contributed by atoms with Gasteiger partial charge >= 0.3 is 0 Å². The van der Waals surface area contributed by atoms with Crippen molar-refractivity contribution in [3.63, 3.8) is 0 Å². The van der Waals surface area contributed by atoms with Crippen LogP contribution < -0.4 is 20.9 Å². The number of aryl methyl sites for hydroxylation is 3. The Morgan fingerprint density at radius 2 is 0.605 bits per heavy atom. The van der Waals surface area contributed by atoms with Crippen molar-refractivity contribution >= 4 is 51.2 Å². The number of hydrogen-bond donors (Lipinski definition) is 4. The van der Waals surface area contributed by atoms with Crippen LogP contribution >= 0.6 is 0 Å². The first kappa shape index (κ1) is 27.8. The molecule has 43 heavy (non-hydrogen) atoms. The van der Waals surface area contributed by atoms with Crippen molar-refractivity contribution in [2.75, 3.05) is 16.0 Å². The van der Waals surface area contributed by atoms with Crippen molar-refractivity contribution in [3.05, 3.63) is 162 Å². The van der Waals surface area contributed by atoms with Crippen molar-refractivity contribution in [1.82, 2.24) is 0 Å². The summed E-state index contributed by atoms with van der Waals surface area (Å²) in [6, 6.07) is 51.4. The van der Waals surface area contributed by atoms with Crippen LogP contribution in [0.25, 0.3) is 0 Å². The molecule has 6 rings (SSSR count). The molecule has 0 fully saturated rings. The highest BCUT2D eigenvalue weighted by molar-refractivity contribution is 5.65. The molecule has 6 aromatic carbocycles. The number of rotatable bonds is 9. The van der Waals surface area contributed by atoms with E-state index in [9.17, 15) is 0 Å². The van der Waals surface area contributed by atoms with E-state index in [4.69, 9.17) is 0 Å². The smallest absolute Gasteiger partial charge is 0.141 e. The Morgan fingerprint density at radius 1 is 0.326 bits per heavy atom. The standard InChI is InChI=1S/C39H36N4/c1-28-7-4-10-34(25-28)40-31-13-19-37(20-14-31)43(38-21-15-32(16-22-38)41-35-11-5-8-29(2)26-35)39-23-17-33(18-24-39)42-36-12-6-9-30(3)27-36/h4-27,40-42H,1-3H3/p+1. The summed E-state index contributed by atoms with van der Waals surface area (Å²) in [6.45, 7) is 6.33. The van der Waals surface area contributed by atoms with Crippen molar-refractivity contribution in [1.29, 1.82) is 0 Å². The molecule has 0 bridgehead atoms. The second-order valence-electron chi connectivity index (χ2n) is 11.1. The third-order valence-electron chi connectivity index (χ3n) is 7.44. The predicted molar refractivity (Wildman–Crippen MR) is 183 cm³/mol. The van der Waals surface area contributed by atoms with Gasteiger partial charge in [-0.15, -0.1) is 0 Å². The van der Waals surface area contributed by atoms with Gasteiger partial charge in [-0.25, -0.2) is 4.90 Å². The molecule has 4 N–H and O–H groups in total. The molecule has 0 aliphatic rings. The summed E-state index contributed by atoms with van der Waals surface area (Å²) in [7, 11) is 0. The number of benzene rings is 6. The molecule has 0 heterocycles. The van der Waals surface area contributed by atoms with Gasteiger partial charge in [0, 0.05) is 70.5 Å². The van der Waals surface area contributed by atoms with Crippen molar-refractivity contribution in [2.45, 2.75) is 20.8 Å². The average molecular weight is 562 g/mol. The first-order valence-electron chi connectivity index (χ1n) is 14.7. The molecular weight excluding hydrogens is 524 g/mol. The van der Waals surface area contributed by atoms with E-state index in [1.807, 2.05) is 0 Å². The van der Waals surface area contributed by atoms with E-state index in [2.05, 4.69) is 182 Å². The topological polar surface area (TPSA) is 40.5 Å². The molecule has 4 nitrogen and oxygen atoms in total. The van der Waals surface area contributed by atoms with Crippen LogP contribution in [0.5, 0.6) is 0 Å². The van der Waals surface area contributed by atoms with Crippen LogP contribution in [0, 0.1) is 20.8 Å². The van der Waals surface area contributed by atoms with Crippen molar-refractivity contribution in [3.8, 4) is 0 Å². The van der Waals surface area contributed by atoms with Gasteiger partial charge in [-0.2, -0.15) is 0 Å². The van der Waals surface area contributed by atoms with Gasteiger partial charge in [-0.05, 0) is 110 Å². The fraction of sp³-hybridized carbons (Fsp3) is 0.0769. The monoisotopic (exact) mass is 561 g/mol. The summed E-state index contributed by atoms with van der Waals surface area (Å²) in [5.74, 6) is 0. The van der Waals surface area contributed by atoms with Crippen molar-refractivity contribution in [2.24, 2.45) is 0 Å². The molecule has 0 atom stereocenters. The molecular formula is C39H37N4+. The molecule has 0 amide bonds. The van der Waals surface area contributed by atoms with E-state index in [1.54, 1.807) is 0 Å². The lowest BCUT2D eigenvalue weighted by molar-refractivity contribution is -0.681. The average Bonchev–Trinajstić information content (AvgIpc) is 3.00. The zero-order valence-electron chi connectivity index (χ0n) is 24.9. The second kappa shape index (κ2) is 12.7. The zero-order chi connectivity index (χ0) is 29.6. The highest BCUT2D eigenvalue weighted by Gasteiger charge is 2.19. The summed E-state index contributed by atoms with van der Waals surface area (Å²) in [4.78, 5) is 1.19. The van der Waals surface area contributed by atoms with E-state index < -0.39 is 0 Å². The Labute approximate surface area is 254 Å². The molecule has 4 heteroatoms. The molecule has 212 valence electrons. The Kier molecular flexibility index (Phi) is 8.21. The Morgan fingerprint density at radius 3 is 0.860 bits per heavy atom. The summed E-state index contributed by atoms with van der Waals surface area (Å²) < 4.78 is 0.